The monoisotopic (exact) mass is 723 g/mol. The summed E-state index contributed by atoms with van der Waals surface area (Å²) < 4.78 is 35.0. The third-order valence-electron chi connectivity index (χ3n) is 9.98. The van der Waals surface area contributed by atoms with Gasteiger partial charge in [0.25, 0.3) is 5.78 Å². The van der Waals surface area contributed by atoms with Gasteiger partial charge in [-0.1, -0.05) is 53.6 Å². The van der Waals surface area contributed by atoms with Crippen molar-refractivity contribution in [3.63, 3.8) is 0 Å². The lowest BCUT2D eigenvalue weighted by molar-refractivity contribution is -0.126. The number of ether oxygens (including phenoxy) is 1. The highest BCUT2D eigenvalue weighted by atomic mass is 19.2. The maximum absolute atomic E-state index is 14.7. The lowest BCUT2D eigenvalue weighted by Crippen LogP contribution is -2.48. The Hall–Kier alpha value is -3.26. The van der Waals surface area contributed by atoms with Gasteiger partial charge in [-0.2, -0.15) is 10.1 Å². The first-order valence-electron chi connectivity index (χ1n) is 18.5. The lowest BCUT2D eigenvalue weighted by Gasteiger charge is -2.36. The van der Waals surface area contributed by atoms with Crippen LogP contribution in [0.4, 0.5) is 14.6 Å². The number of hydrogen-bond donors (Lipinski definition) is 1. The fourth-order valence-electron chi connectivity index (χ4n) is 5.92. The summed E-state index contributed by atoms with van der Waals surface area (Å²) in [5.74, 6) is 1.33. The second-order valence-corrected chi connectivity index (χ2v) is 14.5. The summed E-state index contributed by atoms with van der Waals surface area (Å²) in [6, 6.07) is 0. The van der Waals surface area contributed by atoms with E-state index in [1.807, 2.05) is 33.9 Å². The van der Waals surface area contributed by atoms with E-state index >= 15 is 0 Å². The molecule has 4 rings (SSSR count). The fraction of sp³-hybridized carbons (Fsp3) is 0.784. The van der Waals surface area contributed by atoms with Crippen molar-refractivity contribution in [3.8, 4) is 0 Å². The molecule has 0 aliphatic carbocycles. The first-order chi connectivity index (χ1) is 24.1. The second kappa shape index (κ2) is 20.7. The van der Waals surface area contributed by atoms with Gasteiger partial charge >= 0.3 is 0 Å². The van der Waals surface area contributed by atoms with Crippen molar-refractivity contribution in [2.45, 2.75) is 106 Å². The summed E-state index contributed by atoms with van der Waals surface area (Å²) >= 11 is 0. The molecular formula is C37H64F2N8O4. The molecule has 2 unspecified atom stereocenters. The first-order valence-corrected chi connectivity index (χ1v) is 18.5. The van der Waals surface area contributed by atoms with Crippen LogP contribution < -0.4 is 10.2 Å². The molecule has 51 heavy (non-hydrogen) atoms. The van der Waals surface area contributed by atoms with Gasteiger partial charge in [-0.3, -0.25) is 14.5 Å². The van der Waals surface area contributed by atoms with Crippen LogP contribution in [0.15, 0.2) is 11.4 Å². The minimum Gasteiger partial charge on any atom is -0.399 e. The summed E-state index contributed by atoms with van der Waals surface area (Å²) in [4.78, 5) is 42.4. The topological polar surface area (TPSA) is 127 Å². The number of methoxy groups -OCH3 is 1. The van der Waals surface area contributed by atoms with E-state index in [0.29, 0.717) is 37.4 Å². The predicted octanol–water partition coefficient (Wildman–Crippen LogP) is 5.83. The van der Waals surface area contributed by atoms with Crippen LogP contribution >= 0.6 is 0 Å². The van der Waals surface area contributed by atoms with E-state index in [4.69, 9.17) is 19.8 Å². The minimum absolute atomic E-state index is 0.00102. The Kier molecular flexibility index (Phi) is 17.8. The molecule has 0 bridgehead atoms. The van der Waals surface area contributed by atoms with E-state index < -0.39 is 17.8 Å². The van der Waals surface area contributed by atoms with Gasteiger partial charge in [0, 0.05) is 76.0 Å². The SMILES string of the molecule is CC.CO/N=C(\C)C(=O)C(C)C.COCCN1CCN(c2nc3nc(C(C)CCC(C)(C)C(C)(F)CF)cn3nc2C[C@H]2CCCNC2=O)CC1. The van der Waals surface area contributed by atoms with Crippen LogP contribution in [0.25, 0.3) is 5.78 Å². The number of carbonyl (C=O) groups is 2. The third kappa shape index (κ3) is 12.4. The van der Waals surface area contributed by atoms with E-state index in [1.54, 1.807) is 32.4 Å². The second-order valence-electron chi connectivity index (χ2n) is 14.5. The van der Waals surface area contributed by atoms with Crippen LogP contribution in [0.3, 0.4) is 0 Å². The lowest BCUT2D eigenvalue weighted by atomic mass is 9.73. The van der Waals surface area contributed by atoms with E-state index in [1.165, 1.54) is 14.0 Å². The van der Waals surface area contributed by atoms with Crippen molar-refractivity contribution < 1.29 is 27.9 Å². The molecule has 14 heteroatoms. The molecule has 3 atom stereocenters. The summed E-state index contributed by atoms with van der Waals surface area (Å²) in [5, 5.41) is 11.4. The summed E-state index contributed by atoms with van der Waals surface area (Å²) in [6.07, 6.45) is 5.42. The number of Topliss-reactive ketones (excluding diaryl/α,β-unsaturated/α-hetero) is 1. The molecule has 1 amide bonds. The molecule has 2 aromatic heterocycles. The molecule has 0 saturated carbocycles. The third-order valence-corrected chi connectivity index (χ3v) is 9.98. The van der Waals surface area contributed by atoms with E-state index in [-0.39, 0.29) is 29.4 Å². The number of hydrogen-bond acceptors (Lipinski definition) is 10. The maximum atomic E-state index is 14.7. The Labute approximate surface area is 304 Å². The molecule has 290 valence electrons. The predicted molar refractivity (Wildman–Crippen MR) is 199 cm³/mol. The van der Waals surface area contributed by atoms with Crippen LogP contribution in [0.2, 0.25) is 0 Å². The molecule has 2 aliphatic rings. The van der Waals surface area contributed by atoms with Gasteiger partial charge in [0.15, 0.2) is 11.6 Å². The molecule has 0 spiro atoms. The molecule has 0 radical (unpaired) electrons. The van der Waals surface area contributed by atoms with Crippen LogP contribution in [-0.2, 0) is 25.6 Å². The number of carbonyl (C=O) groups excluding carboxylic acids is 2. The molecule has 2 aromatic rings. The Balaban J connectivity index is 0.000000648. The van der Waals surface area contributed by atoms with Gasteiger partial charge in [-0.05, 0) is 39.5 Å². The standard InChI is InChI=1S/C28H45F2N7O2.C7H13NO2.C2H6/c1-20(8-9-27(2,3)28(4,30)19-29)23-18-37-26(32-23)33-24(36-13-11-35(12-14-36)15-16-39-5)22(34-37)17-21-7-6-10-31-25(21)38;1-5(2)7(9)6(3)8-10-4;1-2/h18,20-21H,6-17,19H2,1-5H3,(H,31,38);5H,1-4H3;1-2H3/b;8-6+;/t20?,21-,28?;;/m1../s1. The molecule has 2 aliphatic heterocycles. The van der Waals surface area contributed by atoms with Crippen molar-refractivity contribution in [2.24, 2.45) is 22.4 Å². The molecule has 1 N–H and O–H groups in total. The zero-order valence-electron chi connectivity index (χ0n) is 33.0. The van der Waals surface area contributed by atoms with E-state index in [0.717, 1.165) is 69.3 Å². The molecular weight excluding hydrogens is 658 g/mol. The normalized spacial score (nSPS) is 19.0. The van der Waals surface area contributed by atoms with Crippen LogP contribution in [0.1, 0.15) is 105 Å². The van der Waals surface area contributed by atoms with Crippen LogP contribution in [0.5, 0.6) is 0 Å². The number of ketones is 1. The number of fused-ring (bicyclic) bond motifs is 1. The fourth-order valence-corrected chi connectivity index (χ4v) is 5.92. The number of halogens is 2. The highest BCUT2D eigenvalue weighted by Crippen LogP contribution is 2.41. The smallest absolute Gasteiger partial charge is 0.252 e. The number of nitrogens with one attached hydrogen (secondary N) is 1. The first kappa shape index (κ1) is 43.9. The molecule has 0 aromatic carbocycles. The van der Waals surface area contributed by atoms with Gasteiger partial charge < -0.3 is 19.8 Å². The summed E-state index contributed by atoms with van der Waals surface area (Å²) in [5.41, 5.74) is -0.606. The van der Waals surface area contributed by atoms with E-state index in [2.05, 4.69) is 32.0 Å². The average molecular weight is 723 g/mol. The molecule has 2 fully saturated rings. The van der Waals surface area contributed by atoms with Crippen molar-refractivity contribution in [1.29, 1.82) is 0 Å². The Bertz CT molecular complexity index is 1410. The number of piperidine rings is 1. The molecule has 2 saturated heterocycles. The Morgan fingerprint density at radius 3 is 2.35 bits per heavy atom. The number of anilines is 1. The number of amides is 1. The Morgan fingerprint density at radius 1 is 1.12 bits per heavy atom. The summed E-state index contributed by atoms with van der Waals surface area (Å²) in [7, 11) is 3.15. The largest absolute Gasteiger partial charge is 0.399 e. The number of aromatic nitrogens is 4. The van der Waals surface area contributed by atoms with Gasteiger partial charge in [-0.25, -0.2) is 18.3 Å². The van der Waals surface area contributed by atoms with Gasteiger partial charge in [0.2, 0.25) is 5.91 Å². The highest BCUT2D eigenvalue weighted by Gasteiger charge is 2.41. The van der Waals surface area contributed by atoms with Gasteiger partial charge in [0.1, 0.15) is 30.9 Å². The Morgan fingerprint density at radius 2 is 1.78 bits per heavy atom. The van der Waals surface area contributed by atoms with Crippen molar-refractivity contribution in [3.05, 3.63) is 17.6 Å². The quantitative estimate of drug-likeness (QED) is 0.179. The number of piperazine rings is 1. The van der Waals surface area contributed by atoms with Crippen molar-refractivity contribution >= 4 is 29.0 Å². The van der Waals surface area contributed by atoms with Crippen molar-refractivity contribution in [1.82, 2.24) is 29.8 Å². The average Bonchev–Trinajstić information content (AvgIpc) is 3.54. The zero-order valence-corrected chi connectivity index (χ0v) is 33.0. The van der Waals surface area contributed by atoms with Gasteiger partial charge in [0.05, 0.1) is 18.5 Å². The highest BCUT2D eigenvalue weighted by molar-refractivity contribution is 6.39. The van der Waals surface area contributed by atoms with Crippen LogP contribution in [-0.4, -0.2) is 114 Å². The number of imidazole rings is 1. The van der Waals surface area contributed by atoms with Gasteiger partial charge in [-0.15, -0.1) is 0 Å². The maximum Gasteiger partial charge on any atom is 0.252 e. The van der Waals surface area contributed by atoms with Crippen molar-refractivity contribution in [2.75, 3.05) is 71.7 Å². The minimum atomic E-state index is -1.88. The number of alkyl halides is 2. The number of oxime groups is 1. The molecule has 4 heterocycles. The number of nitrogens with zero attached hydrogens (tertiary/aromatic N) is 7. The molecule has 12 nitrogen and oxygen atoms in total. The van der Waals surface area contributed by atoms with Crippen LogP contribution in [0, 0.1) is 17.3 Å². The number of rotatable bonds is 15. The summed E-state index contributed by atoms with van der Waals surface area (Å²) in [6.45, 7) is 21.0. The zero-order chi connectivity index (χ0) is 38.4. The van der Waals surface area contributed by atoms with E-state index in [9.17, 15) is 18.4 Å².